The predicted octanol–water partition coefficient (Wildman–Crippen LogP) is 4.87. The molecule has 1 aromatic heterocycles. The predicted molar refractivity (Wildman–Crippen MR) is 129 cm³/mol. The number of carbonyl (C=O) groups is 1. The molecule has 0 bridgehead atoms. The number of hydrogen-bond acceptors (Lipinski definition) is 7. The number of carbonyl (C=O) groups excluding carboxylic acids is 1. The van der Waals surface area contributed by atoms with Crippen molar-refractivity contribution in [3.05, 3.63) is 81.7 Å². The topological polar surface area (TPSA) is 74.9 Å². The molecule has 0 unspecified atom stereocenters. The Morgan fingerprint density at radius 3 is 2.88 bits per heavy atom. The first kappa shape index (κ1) is 22.7. The Morgan fingerprint density at radius 2 is 2.09 bits per heavy atom. The Bertz CT molecular complexity index is 1180. The van der Waals surface area contributed by atoms with Gasteiger partial charge in [0.25, 0.3) is 0 Å². The minimum atomic E-state index is -0.402. The zero-order valence-corrected chi connectivity index (χ0v) is 19.3. The number of nitrogens with zero attached hydrogens (tertiary/aromatic N) is 3. The SMILES string of the molecule is CCOC(=O)COc1cccc(C=Nc2sc3c(c2C#N)CCN(Cc2ccccc2)C3)c1. The van der Waals surface area contributed by atoms with Gasteiger partial charge in [-0.2, -0.15) is 5.26 Å². The highest BCUT2D eigenvalue weighted by molar-refractivity contribution is 7.16. The fraction of sp³-hybridized carbons (Fsp3) is 0.269. The average Bonchev–Trinajstić information content (AvgIpc) is 3.19. The second-order valence-electron chi connectivity index (χ2n) is 7.67. The van der Waals surface area contributed by atoms with Crippen molar-refractivity contribution in [2.45, 2.75) is 26.4 Å². The van der Waals surface area contributed by atoms with Crippen LogP contribution in [0.1, 0.15) is 34.1 Å². The van der Waals surface area contributed by atoms with E-state index in [2.05, 4.69) is 40.2 Å². The zero-order chi connectivity index (χ0) is 23.0. The van der Waals surface area contributed by atoms with Crippen LogP contribution in [0.3, 0.4) is 0 Å². The van der Waals surface area contributed by atoms with Gasteiger partial charge in [-0.25, -0.2) is 9.79 Å². The highest BCUT2D eigenvalue weighted by atomic mass is 32.1. The number of benzene rings is 2. The molecule has 0 amide bonds. The molecule has 2 aromatic carbocycles. The average molecular weight is 460 g/mol. The van der Waals surface area contributed by atoms with Crippen molar-refractivity contribution < 1.29 is 14.3 Å². The van der Waals surface area contributed by atoms with Gasteiger partial charge < -0.3 is 9.47 Å². The van der Waals surface area contributed by atoms with E-state index in [-0.39, 0.29) is 6.61 Å². The van der Waals surface area contributed by atoms with Crippen LogP contribution in [0.15, 0.2) is 59.6 Å². The summed E-state index contributed by atoms with van der Waals surface area (Å²) in [5.41, 5.74) is 3.93. The number of hydrogen-bond donors (Lipinski definition) is 0. The van der Waals surface area contributed by atoms with Gasteiger partial charge in [-0.15, -0.1) is 11.3 Å². The summed E-state index contributed by atoms with van der Waals surface area (Å²) in [6.45, 7) is 4.60. The van der Waals surface area contributed by atoms with E-state index in [1.165, 1.54) is 10.4 Å². The summed E-state index contributed by atoms with van der Waals surface area (Å²) in [4.78, 5) is 19.8. The lowest BCUT2D eigenvalue weighted by molar-refractivity contribution is -0.145. The molecular weight excluding hydrogens is 434 g/mol. The van der Waals surface area contributed by atoms with Gasteiger partial charge >= 0.3 is 5.97 Å². The lowest BCUT2D eigenvalue weighted by Gasteiger charge is -2.26. The number of ether oxygens (including phenoxy) is 2. The van der Waals surface area contributed by atoms with E-state index in [0.717, 1.165) is 42.2 Å². The van der Waals surface area contributed by atoms with Gasteiger partial charge in [0.15, 0.2) is 6.61 Å². The zero-order valence-electron chi connectivity index (χ0n) is 18.5. The molecule has 1 aliphatic rings. The maximum absolute atomic E-state index is 11.5. The van der Waals surface area contributed by atoms with E-state index in [1.54, 1.807) is 30.5 Å². The van der Waals surface area contributed by atoms with Gasteiger partial charge in [-0.05, 0) is 42.2 Å². The normalized spacial score (nSPS) is 13.5. The number of fused-ring (bicyclic) bond motifs is 1. The molecule has 4 rings (SSSR count). The molecule has 0 spiro atoms. The number of rotatable bonds is 8. The summed E-state index contributed by atoms with van der Waals surface area (Å²) in [6.07, 6.45) is 2.59. The standard InChI is InChI=1S/C26H25N3O3S/c1-2-31-25(30)18-32-21-10-6-9-20(13-21)15-28-26-23(14-27)22-11-12-29(17-24(22)33-26)16-19-7-4-3-5-8-19/h3-10,13,15H,2,11-12,16-18H2,1H3. The third kappa shape index (κ3) is 5.86. The van der Waals surface area contributed by atoms with Crippen LogP contribution >= 0.6 is 11.3 Å². The summed E-state index contributed by atoms with van der Waals surface area (Å²) in [6, 6.07) is 20.1. The van der Waals surface area contributed by atoms with Crippen LogP contribution in [0.2, 0.25) is 0 Å². The van der Waals surface area contributed by atoms with Gasteiger partial charge in [0.2, 0.25) is 0 Å². The first-order chi connectivity index (χ1) is 16.2. The summed E-state index contributed by atoms with van der Waals surface area (Å²) in [5, 5.41) is 10.5. The molecule has 2 heterocycles. The minimum absolute atomic E-state index is 0.135. The summed E-state index contributed by atoms with van der Waals surface area (Å²) in [7, 11) is 0. The van der Waals surface area contributed by atoms with Crippen molar-refractivity contribution in [2.24, 2.45) is 4.99 Å². The minimum Gasteiger partial charge on any atom is -0.482 e. The summed E-state index contributed by atoms with van der Waals surface area (Å²) in [5.74, 6) is 0.162. The maximum Gasteiger partial charge on any atom is 0.344 e. The molecule has 0 aliphatic carbocycles. The molecule has 0 fully saturated rings. The van der Waals surface area contributed by atoms with Crippen LogP contribution in [0.5, 0.6) is 5.75 Å². The summed E-state index contributed by atoms with van der Waals surface area (Å²) >= 11 is 1.59. The third-order valence-corrected chi connectivity index (χ3v) is 6.45. The van der Waals surface area contributed by atoms with E-state index in [4.69, 9.17) is 9.47 Å². The Hall–Kier alpha value is -3.47. The second-order valence-corrected chi connectivity index (χ2v) is 8.75. The van der Waals surface area contributed by atoms with Gasteiger partial charge in [0.05, 0.1) is 12.2 Å². The molecule has 6 nitrogen and oxygen atoms in total. The molecule has 0 saturated carbocycles. The van der Waals surface area contributed by atoms with Crippen LogP contribution in [-0.2, 0) is 29.0 Å². The monoisotopic (exact) mass is 459 g/mol. The fourth-order valence-corrected chi connectivity index (χ4v) is 4.97. The fourth-order valence-electron chi connectivity index (χ4n) is 3.79. The van der Waals surface area contributed by atoms with Crippen molar-refractivity contribution in [1.82, 2.24) is 4.90 Å². The van der Waals surface area contributed by atoms with Gasteiger partial charge in [0.1, 0.15) is 16.8 Å². The lowest BCUT2D eigenvalue weighted by atomic mass is 10.0. The number of esters is 1. The van der Waals surface area contributed by atoms with Crippen molar-refractivity contribution >= 4 is 28.5 Å². The molecule has 7 heteroatoms. The lowest BCUT2D eigenvalue weighted by Crippen LogP contribution is -2.29. The van der Waals surface area contributed by atoms with E-state index >= 15 is 0 Å². The quantitative estimate of drug-likeness (QED) is 0.355. The van der Waals surface area contributed by atoms with E-state index in [0.29, 0.717) is 17.9 Å². The molecule has 0 N–H and O–H groups in total. The van der Waals surface area contributed by atoms with Crippen molar-refractivity contribution in [1.29, 1.82) is 5.26 Å². The van der Waals surface area contributed by atoms with Crippen LogP contribution in [-0.4, -0.2) is 36.8 Å². The van der Waals surface area contributed by atoms with Gasteiger partial charge in [0, 0.05) is 30.7 Å². The molecule has 1 aliphatic heterocycles. The van der Waals surface area contributed by atoms with Crippen LogP contribution < -0.4 is 4.74 Å². The Morgan fingerprint density at radius 1 is 1.24 bits per heavy atom. The molecule has 3 aromatic rings. The first-order valence-electron chi connectivity index (χ1n) is 10.9. The van der Waals surface area contributed by atoms with E-state index in [9.17, 15) is 10.1 Å². The molecule has 33 heavy (non-hydrogen) atoms. The highest BCUT2D eigenvalue weighted by Gasteiger charge is 2.24. The first-order valence-corrected chi connectivity index (χ1v) is 11.7. The smallest absolute Gasteiger partial charge is 0.344 e. The van der Waals surface area contributed by atoms with Crippen LogP contribution in [0.4, 0.5) is 5.00 Å². The second kappa shape index (κ2) is 10.9. The maximum atomic E-state index is 11.5. The van der Waals surface area contributed by atoms with E-state index < -0.39 is 5.97 Å². The molecule has 0 atom stereocenters. The van der Waals surface area contributed by atoms with Crippen molar-refractivity contribution in [2.75, 3.05) is 19.8 Å². The Labute approximate surface area is 197 Å². The third-order valence-electron chi connectivity index (χ3n) is 5.33. The van der Waals surface area contributed by atoms with Crippen molar-refractivity contribution in [3.63, 3.8) is 0 Å². The Kier molecular flexibility index (Phi) is 7.51. The van der Waals surface area contributed by atoms with Crippen LogP contribution in [0.25, 0.3) is 0 Å². The molecule has 168 valence electrons. The largest absolute Gasteiger partial charge is 0.482 e. The number of thiophene rings is 1. The Balaban J connectivity index is 1.46. The number of nitriles is 1. The number of aliphatic imine (C=N–C) groups is 1. The van der Waals surface area contributed by atoms with E-state index in [1.807, 2.05) is 24.3 Å². The van der Waals surface area contributed by atoms with Crippen LogP contribution in [0, 0.1) is 11.3 Å². The highest BCUT2D eigenvalue weighted by Crippen LogP contribution is 2.38. The molecule has 0 radical (unpaired) electrons. The molecule has 0 saturated heterocycles. The van der Waals surface area contributed by atoms with Crippen molar-refractivity contribution in [3.8, 4) is 11.8 Å². The van der Waals surface area contributed by atoms with Gasteiger partial charge in [-0.3, -0.25) is 4.90 Å². The molecular formula is C26H25N3O3S. The van der Waals surface area contributed by atoms with Gasteiger partial charge in [-0.1, -0.05) is 42.5 Å². The summed E-state index contributed by atoms with van der Waals surface area (Å²) < 4.78 is 10.4.